The van der Waals surface area contributed by atoms with Crippen LogP contribution in [0.5, 0.6) is 5.75 Å². The smallest absolute Gasteiger partial charge is 0.254 e. The lowest BCUT2D eigenvalue weighted by Crippen LogP contribution is -2.13. The second-order valence-corrected chi connectivity index (χ2v) is 7.47. The molecule has 0 fully saturated rings. The quantitative estimate of drug-likeness (QED) is 0.475. The van der Waals surface area contributed by atoms with E-state index in [2.05, 4.69) is 15.5 Å². The molecule has 4 rings (SSSR count). The number of carbonyl (C=O) groups excluding carboxylic acids is 1. The van der Waals surface area contributed by atoms with E-state index in [1.54, 1.807) is 35.6 Å². The highest BCUT2D eigenvalue weighted by molar-refractivity contribution is 7.10. The number of nitrogens with zero attached hydrogens (tertiary/aromatic N) is 2. The molecule has 0 spiro atoms. The van der Waals surface area contributed by atoms with Gasteiger partial charge in [0.25, 0.3) is 5.89 Å². The van der Waals surface area contributed by atoms with Gasteiger partial charge >= 0.3 is 0 Å². The fourth-order valence-corrected chi connectivity index (χ4v) is 3.49. The number of hydrogen-bond acceptors (Lipinski definition) is 6. The van der Waals surface area contributed by atoms with E-state index in [0.717, 1.165) is 21.7 Å². The molecule has 0 saturated heterocycles. The minimum absolute atomic E-state index is 0.0456. The molecule has 7 heteroatoms. The first-order valence-electron chi connectivity index (χ1n) is 9.11. The average Bonchev–Trinajstić information content (AvgIpc) is 3.40. The van der Waals surface area contributed by atoms with Crippen molar-refractivity contribution in [2.75, 3.05) is 5.32 Å². The van der Waals surface area contributed by atoms with Crippen LogP contribution in [0.25, 0.3) is 11.5 Å². The summed E-state index contributed by atoms with van der Waals surface area (Å²) in [4.78, 5) is 13.1. The van der Waals surface area contributed by atoms with E-state index < -0.39 is 0 Å². The molecule has 2 aromatic heterocycles. The van der Waals surface area contributed by atoms with Gasteiger partial charge < -0.3 is 14.5 Å². The molecule has 6 nitrogen and oxygen atoms in total. The zero-order chi connectivity index (χ0) is 20.1. The maximum absolute atomic E-state index is 12.1. The second-order valence-electron chi connectivity index (χ2n) is 6.43. The highest BCUT2D eigenvalue weighted by Crippen LogP contribution is 2.22. The van der Waals surface area contributed by atoms with Gasteiger partial charge in [0.05, 0.1) is 6.42 Å². The Bertz CT molecular complexity index is 1090. The number of aryl methyl sites for hydroxylation is 1. The third-order valence-corrected chi connectivity index (χ3v) is 5.13. The Kier molecular flexibility index (Phi) is 5.67. The van der Waals surface area contributed by atoms with Crippen molar-refractivity contribution in [3.63, 3.8) is 0 Å². The van der Waals surface area contributed by atoms with Gasteiger partial charge in [-0.05, 0) is 54.3 Å². The molecular weight excluding hydrogens is 386 g/mol. The van der Waals surface area contributed by atoms with Gasteiger partial charge in [-0.2, -0.15) is 0 Å². The van der Waals surface area contributed by atoms with E-state index in [0.29, 0.717) is 24.0 Å². The molecule has 0 aliphatic rings. The third kappa shape index (κ3) is 4.89. The van der Waals surface area contributed by atoms with E-state index in [4.69, 9.17) is 9.15 Å². The largest absolute Gasteiger partial charge is 0.484 e. The molecular formula is C22H19N3O3S. The highest BCUT2D eigenvalue weighted by Gasteiger charge is 2.11. The van der Waals surface area contributed by atoms with Crippen LogP contribution in [0.4, 0.5) is 5.69 Å². The van der Waals surface area contributed by atoms with Crippen LogP contribution in [-0.2, 0) is 17.8 Å². The summed E-state index contributed by atoms with van der Waals surface area (Å²) in [5.74, 6) is 1.48. The second kappa shape index (κ2) is 8.70. The van der Waals surface area contributed by atoms with Crippen molar-refractivity contribution in [3.8, 4) is 17.2 Å². The van der Waals surface area contributed by atoms with Crippen LogP contribution in [0.15, 0.2) is 70.5 Å². The molecule has 0 bridgehead atoms. The third-order valence-electron chi connectivity index (χ3n) is 4.26. The first-order chi connectivity index (χ1) is 14.2. The Labute approximate surface area is 172 Å². The summed E-state index contributed by atoms with van der Waals surface area (Å²) in [5.41, 5.74) is 2.70. The SMILES string of the molecule is Cc1ccccc1-c1nnc(COc2ccc(NC(=O)Cc3cccs3)cc2)o1. The zero-order valence-electron chi connectivity index (χ0n) is 15.8. The van der Waals surface area contributed by atoms with E-state index in [9.17, 15) is 4.79 Å². The lowest BCUT2D eigenvalue weighted by Gasteiger charge is -2.07. The van der Waals surface area contributed by atoms with Crippen LogP contribution in [0.3, 0.4) is 0 Å². The van der Waals surface area contributed by atoms with Crippen LogP contribution < -0.4 is 10.1 Å². The normalized spacial score (nSPS) is 10.7. The number of aromatic nitrogens is 2. The number of amides is 1. The number of anilines is 1. The summed E-state index contributed by atoms with van der Waals surface area (Å²) in [5, 5.41) is 13.0. The van der Waals surface area contributed by atoms with Crippen LogP contribution >= 0.6 is 11.3 Å². The molecule has 1 N–H and O–H groups in total. The summed E-state index contributed by atoms with van der Waals surface area (Å²) in [6.07, 6.45) is 0.371. The maximum atomic E-state index is 12.1. The minimum Gasteiger partial charge on any atom is -0.484 e. The van der Waals surface area contributed by atoms with Gasteiger partial charge in [-0.25, -0.2) is 0 Å². The van der Waals surface area contributed by atoms with Crippen molar-refractivity contribution in [2.24, 2.45) is 0 Å². The van der Waals surface area contributed by atoms with Gasteiger partial charge in [0, 0.05) is 16.1 Å². The summed E-state index contributed by atoms with van der Waals surface area (Å²) in [7, 11) is 0. The van der Waals surface area contributed by atoms with Crippen molar-refractivity contribution in [1.29, 1.82) is 0 Å². The number of ether oxygens (including phenoxy) is 1. The molecule has 146 valence electrons. The van der Waals surface area contributed by atoms with Crippen LogP contribution in [0.1, 0.15) is 16.3 Å². The molecule has 2 heterocycles. The molecule has 4 aromatic rings. The molecule has 29 heavy (non-hydrogen) atoms. The predicted molar refractivity (Wildman–Crippen MR) is 112 cm³/mol. The Balaban J connectivity index is 1.31. The number of hydrogen-bond donors (Lipinski definition) is 1. The Morgan fingerprint density at radius 3 is 2.66 bits per heavy atom. The number of benzene rings is 2. The highest BCUT2D eigenvalue weighted by atomic mass is 32.1. The minimum atomic E-state index is -0.0456. The lowest BCUT2D eigenvalue weighted by molar-refractivity contribution is -0.115. The number of thiophene rings is 1. The summed E-state index contributed by atoms with van der Waals surface area (Å²) >= 11 is 1.57. The van der Waals surface area contributed by atoms with Gasteiger partial charge in [0.1, 0.15) is 5.75 Å². The van der Waals surface area contributed by atoms with Gasteiger partial charge in [0.15, 0.2) is 6.61 Å². The molecule has 2 aromatic carbocycles. The fraction of sp³-hybridized carbons (Fsp3) is 0.136. The van der Waals surface area contributed by atoms with Crippen molar-refractivity contribution in [3.05, 3.63) is 82.4 Å². The first kappa shape index (κ1) is 18.9. The monoisotopic (exact) mass is 405 g/mol. The maximum Gasteiger partial charge on any atom is 0.254 e. The molecule has 0 atom stereocenters. The van der Waals surface area contributed by atoms with Crippen LogP contribution in [-0.4, -0.2) is 16.1 Å². The predicted octanol–water partition coefficient (Wildman–Crippen LogP) is 4.87. The topological polar surface area (TPSA) is 77.3 Å². The zero-order valence-corrected chi connectivity index (χ0v) is 16.6. The Morgan fingerprint density at radius 1 is 1.07 bits per heavy atom. The van der Waals surface area contributed by atoms with Crippen molar-refractivity contribution >= 4 is 22.9 Å². The van der Waals surface area contributed by atoms with E-state index in [1.807, 2.05) is 48.7 Å². The molecule has 1 amide bonds. The van der Waals surface area contributed by atoms with Crippen molar-refractivity contribution < 1.29 is 13.9 Å². The average molecular weight is 405 g/mol. The summed E-state index contributed by atoms with van der Waals surface area (Å²) in [6, 6.07) is 18.9. The molecule has 0 radical (unpaired) electrons. The van der Waals surface area contributed by atoms with Gasteiger partial charge in [0.2, 0.25) is 11.8 Å². The number of carbonyl (C=O) groups is 1. The van der Waals surface area contributed by atoms with Gasteiger partial charge in [-0.1, -0.05) is 24.3 Å². The molecule has 0 unspecified atom stereocenters. The summed E-state index contributed by atoms with van der Waals surface area (Å²) < 4.78 is 11.4. The number of rotatable bonds is 7. The van der Waals surface area contributed by atoms with Crippen LogP contribution in [0.2, 0.25) is 0 Å². The standard InChI is InChI=1S/C22H19N3O3S/c1-15-5-2-3-7-19(15)22-25-24-21(28-22)14-27-17-10-8-16(9-11-17)23-20(26)13-18-6-4-12-29-18/h2-12H,13-14H2,1H3,(H,23,26). The first-order valence-corrected chi connectivity index (χ1v) is 9.99. The summed E-state index contributed by atoms with van der Waals surface area (Å²) in [6.45, 7) is 2.17. The lowest BCUT2D eigenvalue weighted by atomic mass is 10.1. The Morgan fingerprint density at radius 2 is 1.90 bits per heavy atom. The van der Waals surface area contributed by atoms with Crippen molar-refractivity contribution in [2.45, 2.75) is 20.0 Å². The van der Waals surface area contributed by atoms with Gasteiger partial charge in [-0.15, -0.1) is 21.5 Å². The van der Waals surface area contributed by atoms with E-state index in [-0.39, 0.29) is 12.5 Å². The molecule has 0 aliphatic carbocycles. The molecule has 0 saturated carbocycles. The van der Waals surface area contributed by atoms with E-state index >= 15 is 0 Å². The van der Waals surface area contributed by atoms with E-state index in [1.165, 1.54) is 0 Å². The number of nitrogens with one attached hydrogen (secondary N) is 1. The van der Waals surface area contributed by atoms with Crippen LogP contribution in [0, 0.1) is 6.92 Å². The van der Waals surface area contributed by atoms with Gasteiger partial charge in [-0.3, -0.25) is 4.79 Å². The molecule has 0 aliphatic heterocycles. The fourth-order valence-electron chi connectivity index (χ4n) is 2.79. The Hall–Kier alpha value is -3.45. The van der Waals surface area contributed by atoms with Crippen molar-refractivity contribution in [1.82, 2.24) is 10.2 Å².